The quantitative estimate of drug-likeness (QED) is 0.502. The van der Waals surface area contributed by atoms with Gasteiger partial charge in [0.1, 0.15) is 5.82 Å². The molecule has 2 fully saturated rings. The van der Waals surface area contributed by atoms with Crippen molar-refractivity contribution in [3.8, 4) is 11.1 Å². The van der Waals surface area contributed by atoms with E-state index in [2.05, 4.69) is 32.0 Å². The van der Waals surface area contributed by atoms with Crippen molar-refractivity contribution in [2.75, 3.05) is 37.6 Å². The molecule has 0 radical (unpaired) electrons. The fraction of sp³-hybridized carbons (Fsp3) is 0.308. The van der Waals surface area contributed by atoms with Crippen molar-refractivity contribution >= 4 is 45.7 Å². The summed E-state index contributed by atoms with van der Waals surface area (Å²) in [4.78, 5) is 37.3. The lowest BCUT2D eigenvalue weighted by atomic mass is 10.0. The third-order valence-electron chi connectivity index (χ3n) is 6.31. The van der Waals surface area contributed by atoms with Gasteiger partial charge in [-0.2, -0.15) is 0 Å². The molecule has 180 valence electrons. The van der Waals surface area contributed by atoms with Gasteiger partial charge in [0.15, 0.2) is 0 Å². The van der Waals surface area contributed by atoms with E-state index in [0.717, 1.165) is 50.0 Å². The van der Waals surface area contributed by atoms with E-state index in [4.69, 9.17) is 0 Å². The highest BCUT2D eigenvalue weighted by Crippen LogP contribution is 2.32. The van der Waals surface area contributed by atoms with Crippen LogP contribution in [0.3, 0.4) is 0 Å². The number of carbonyl (C=O) groups excluding carboxylic acids is 2. The lowest BCUT2D eigenvalue weighted by Gasteiger charge is -2.36. The molecule has 35 heavy (non-hydrogen) atoms. The molecule has 0 unspecified atom stereocenters. The van der Waals surface area contributed by atoms with Crippen LogP contribution in [0.4, 0.5) is 14.9 Å². The average Bonchev–Trinajstić information content (AvgIpc) is 3.18. The first kappa shape index (κ1) is 23.4. The third kappa shape index (κ3) is 5.06. The standard InChI is InChI=1S/C26H26FN5O2S/c1-2-3-9-31-10-12-32(13-11-31)22-8-7-17(14-20(22)27)19-5-4-6-21-24(19)29-18(16-28-21)15-23-25(33)30-26(34)35-23/h4-8,14-16H,2-3,9-13H2,1H3,(H,30,33,34). The Morgan fingerprint density at radius 2 is 1.97 bits per heavy atom. The first-order valence-corrected chi connectivity index (χ1v) is 12.6. The van der Waals surface area contributed by atoms with Gasteiger partial charge in [0, 0.05) is 31.7 Å². The topological polar surface area (TPSA) is 78.4 Å². The van der Waals surface area contributed by atoms with Crippen LogP contribution in [0.15, 0.2) is 47.5 Å². The van der Waals surface area contributed by atoms with Gasteiger partial charge in [-0.1, -0.05) is 31.5 Å². The van der Waals surface area contributed by atoms with E-state index in [0.29, 0.717) is 28.0 Å². The number of amides is 2. The Hall–Kier alpha value is -3.30. The summed E-state index contributed by atoms with van der Waals surface area (Å²) in [5.41, 5.74) is 3.81. The maximum atomic E-state index is 15.3. The molecule has 0 atom stereocenters. The van der Waals surface area contributed by atoms with Gasteiger partial charge in [0.05, 0.1) is 33.5 Å². The number of thioether (sulfide) groups is 1. The number of unbranched alkanes of at least 4 members (excludes halogenated alkanes) is 1. The zero-order valence-corrected chi connectivity index (χ0v) is 20.3. The lowest BCUT2D eigenvalue weighted by molar-refractivity contribution is -0.115. The van der Waals surface area contributed by atoms with Crippen LogP contribution in [-0.4, -0.2) is 58.7 Å². The minimum absolute atomic E-state index is 0.259. The molecule has 5 rings (SSSR count). The Bertz CT molecular complexity index is 1320. The number of nitrogens with zero attached hydrogens (tertiary/aromatic N) is 4. The molecule has 2 saturated heterocycles. The molecular weight excluding hydrogens is 465 g/mol. The van der Waals surface area contributed by atoms with E-state index in [9.17, 15) is 9.59 Å². The third-order valence-corrected chi connectivity index (χ3v) is 7.12. The monoisotopic (exact) mass is 491 g/mol. The molecule has 2 aromatic carbocycles. The number of nitrogens with one attached hydrogen (secondary N) is 1. The molecule has 0 spiro atoms. The first-order valence-electron chi connectivity index (χ1n) is 11.8. The summed E-state index contributed by atoms with van der Waals surface area (Å²) in [5.74, 6) is -0.704. The number of imide groups is 1. The molecule has 3 heterocycles. The van der Waals surface area contributed by atoms with Gasteiger partial charge >= 0.3 is 0 Å². The maximum absolute atomic E-state index is 15.3. The van der Waals surface area contributed by atoms with Crippen LogP contribution >= 0.6 is 11.8 Å². The van der Waals surface area contributed by atoms with Crippen molar-refractivity contribution in [3.05, 3.63) is 59.0 Å². The molecule has 2 aliphatic heterocycles. The molecule has 2 aliphatic rings. The number of aromatic nitrogens is 2. The van der Waals surface area contributed by atoms with Crippen molar-refractivity contribution in [2.45, 2.75) is 19.8 Å². The molecule has 1 aromatic heterocycles. The molecule has 2 amide bonds. The Kier molecular flexibility index (Phi) is 6.79. The molecular formula is C26H26FN5O2S. The number of para-hydroxylation sites is 1. The second kappa shape index (κ2) is 10.1. The van der Waals surface area contributed by atoms with Crippen LogP contribution in [0, 0.1) is 5.82 Å². The Morgan fingerprint density at radius 1 is 1.14 bits per heavy atom. The van der Waals surface area contributed by atoms with Gasteiger partial charge in [-0.15, -0.1) is 0 Å². The van der Waals surface area contributed by atoms with Gasteiger partial charge in [-0.05, 0) is 54.6 Å². The van der Waals surface area contributed by atoms with Gasteiger partial charge in [0.25, 0.3) is 11.1 Å². The maximum Gasteiger partial charge on any atom is 0.290 e. The Balaban J connectivity index is 1.41. The highest BCUT2D eigenvalue weighted by atomic mass is 32.2. The fourth-order valence-corrected chi connectivity index (χ4v) is 5.10. The predicted molar refractivity (Wildman–Crippen MR) is 138 cm³/mol. The molecule has 0 aliphatic carbocycles. The number of piperazine rings is 1. The summed E-state index contributed by atoms with van der Waals surface area (Å²) in [5, 5.41) is 1.82. The predicted octanol–water partition coefficient (Wildman–Crippen LogP) is 4.68. The summed E-state index contributed by atoms with van der Waals surface area (Å²) < 4.78 is 15.3. The number of hydrogen-bond acceptors (Lipinski definition) is 7. The zero-order chi connectivity index (χ0) is 24.4. The van der Waals surface area contributed by atoms with E-state index >= 15 is 4.39 Å². The summed E-state index contributed by atoms with van der Waals surface area (Å²) in [6.07, 6.45) is 5.47. The average molecular weight is 492 g/mol. The van der Waals surface area contributed by atoms with Crippen molar-refractivity contribution in [3.63, 3.8) is 0 Å². The summed E-state index contributed by atoms with van der Waals surface area (Å²) in [6, 6.07) is 10.9. The number of carbonyl (C=O) groups is 2. The fourth-order valence-electron chi connectivity index (χ4n) is 4.43. The molecule has 0 bridgehead atoms. The van der Waals surface area contributed by atoms with E-state index < -0.39 is 11.1 Å². The largest absolute Gasteiger partial charge is 0.367 e. The molecule has 9 heteroatoms. The minimum atomic E-state index is -0.445. The lowest BCUT2D eigenvalue weighted by Crippen LogP contribution is -2.46. The van der Waals surface area contributed by atoms with Crippen LogP contribution in [0.25, 0.3) is 28.2 Å². The number of rotatable bonds is 6. The van der Waals surface area contributed by atoms with Gasteiger partial charge in [-0.3, -0.25) is 24.8 Å². The summed E-state index contributed by atoms with van der Waals surface area (Å²) in [6.45, 7) is 6.81. The molecule has 7 nitrogen and oxygen atoms in total. The van der Waals surface area contributed by atoms with Crippen molar-refractivity contribution in [2.24, 2.45) is 0 Å². The van der Waals surface area contributed by atoms with Crippen molar-refractivity contribution in [1.82, 2.24) is 20.2 Å². The van der Waals surface area contributed by atoms with E-state index in [1.54, 1.807) is 12.3 Å². The zero-order valence-electron chi connectivity index (χ0n) is 19.5. The van der Waals surface area contributed by atoms with Crippen LogP contribution in [0.2, 0.25) is 0 Å². The van der Waals surface area contributed by atoms with Gasteiger partial charge in [0.2, 0.25) is 0 Å². The van der Waals surface area contributed by atoms with Crippen LogP contribution < -0.4 is 10.2 Å². The smallest absolute Gasteiger partial charge is 0.290 e. The van der Waals surface area contributed by atoms with Gasteiger partial charge < -0.3 is 4.90 Å². The first-order chi connectivity index (χ1) is 17.0. The SMILES string of the molecule is CCCCN1CCN(c2ccc(-c3cccc4ncc(C=C5SC(=O)NC5=O)nc34)cc2F)CC1. The number of benzene rings is 2. The van der Waals surface area contributed by atoms with Crippen LogP contribution in [-0.2, 0) is 4.79 Å². The molecule has 1 N–H and O–H groups in total. The highest BCUT2D eigenvalue weighted by Gasteiger charge is 2.25. The second-order valence-corrected chi connectivity index (χ2v) is 9.68. The highest BCUT2D eigenvalue weighted by molar-refractivity contribution is 8.18. The number of fused-ring (bicyclic) bond motifs is 1. The minimum Gasteiger partial charge on any atom is -0.367 e. The van der Waals surface area contributed by atoms with Gasteiger partial charge in [-0.25, -0.2) is 9.37 Å². The summed E-state index contributed by atoms with van der Waals surface area (Å²) >= 11 is 0.832. The second-order valence-electron chi connectivity index (χ2n) is 8.67. The number of anilines is 1. The number of hydrogen-bond donors (Lipinski definition) is 1. The van der Waals surface area contributed by atoms with Crippen molar-refractivity contribution < 1.29 is 14.0 Å². The molecule has 3 aromatic rings. The van der Waals surface area contributed by atoms with E-state index in [1.165, 1.54) is 18.9 Å². The number of halogens is 1. The van der Waals surface area contributed by atoms with Crippen LogP contribution in [0.1, 0.15) is 25.5 Å². The Morgan fingerprint density at radius 3 is 2.69 bits per heavy atom. The normalized spacial score (nSPS) is 18.0. The summed E-state index contributed by atoms with van der Waals surface area (Å²) in [7, 11) is 0. The Labute approximate surface area is 207 Å². The van der Waals surface area contributed by atoms with Crippen LogP contribution in [0.5, 0.6) is 0 Å². The van der Waals surface area contributed by atoms with Crippen molar-refractivity contribution in [1.29, 1.82) is 0 Å². The van der Waals surface area contributed by atoms with E-state index in [-0.39, 0.29) is 10.7 Å². The molecule has 0 saturated carbocycles. The van der Waals surface area contributed by atoms with E-state index in [1.807, 2.05) is 30.3 Å².